The summed E-state index contributed by atoms with van der Waals surface area (Å²) in [4.78, 5) is 2.43. The minimum atomic E-state index is -0.150. The normalized spacial score (nSPS) is 21.9. The third-order valence-electron chi connectivity index (χ3n) is 3.24. The number of ether oxygens (including phenoxy) is 2. The average molecular weight is 219 g/mol. The second-order valence-electron chi connectivity index (χ2n) is 4.36. The van der Waals surface area contributed by atoms with Crippen LogP contribution in [0, 0.1) is 0 Å². The Hall–Kier alpha value is -1.06. The lowest BCUT2D eigenvalue weighted by Gasteiger charge is -2.19. The minimum Gasteiger partial charge on any atom is -0.372 e. The van der Waals surface area contributed by atoms with Gasteiger partial charge in [-0.25, -0.2) is 0 Å². The maximum atomic E-state index is 5.52. The maximum Gasteiger partial charge on any atom is 0.184 e. The fourth-order valence-electron chi connectivity index (χ4n) is 2.39. The fourth-order valence-corrected chi connectivity index (χ4v) is 2.39. The van der Waals surface area contributed by atoms with Gasteiger partial charge in [0.25, 0.3) is 0 Å². The summed E-state index contributed by atoms with van der Waals surface area (Å²) >= 11 is 0. The van der Waals surface area contributed by atoms with E-state index in [1.165, 1.54) is 31.6 Å². The van der Waals surface area contributed by atoms with E-state index < -0.39 is 0 Å². The summed E-state index contributed by atoms with van der Waals surface area (Å²) in [6.07, 6.45) is 2.46. The van der Waals surface area contributed by atoms with Crippen LogP contribution in [0.15, 0.2) is 24.3 Å². The zero-order valence-electron chi connectivity index (χ0n) is 9.39. The highest BCUT2D eigenvalue weighted by Crippen LogP contribution is 2.28. The van der Waals surface area contributed by atoms with Crippen LogP contribution in [0.25, 0.3) is 0 Å². The average Bonchev–Trinajstić information content (AvgIpc) is 3.03. The Balaban J connectivity index is 1.81. The van der Waals surface area contributed by atoms with Crippen molar-refractivity contribution in [1.82, 2.24) is 0 Å². The predicted molar refractivity (Wildman–Crippen MR) is 62.5 cm³/mol. The molecule has 2 fully saturated rings. The van der Waals surface area contributed by atoms with E-state index in [9.17, 15) is 0 Å². The smallest absolute Gasteiger partial charge is 0.184 e. The second kappa shape index (κ2) is 4.44. The second-order valence-corrected chi connectivity index (χ2v) is 4.36. The zero-order valence-corrected chi connectivity index (χ0v) is 9.39. The summed E-state index contributed by atoms with van der Waals surface area (Å²) < 4.78 is 11.0. The predicted octanol–water partition coefficient (Wildman–Crippen LogP) is 2.33. The minimum absolute atomic E-state index is 0.150. The van der Waals surface area contributed by atoms with Crippen molar-refractivity contribution in [3.8, 4) is 0 Å². The van der Waals surface area contributed by atoms with Gasteiger partial charge in [0.15, 0.2) is 6.29 Å². The number of hydrogen-bond acceptors (Lipinski definition) is 3. The summed E-state index contributed by atoms with van der Waals surface area (Å²) in [6.45, 7) is 3.77. The van der Waals surface area contributed by atoms with Crippen molar-refractivity contribution < 1.29 is 9.47 Å². The molecule has 0 unspecified atom stereocenters. The first-order valence-corrected chi connectivity index (χ1v) is 6.01. The molecule has 2 aliphatic rings. The van der Waals surface area contributed by atoms with E-state index in [1.807, 2.05) is 0 Å². The van der Waals surface area contributed by atoms with Crippen LogP contribution in [0.4, 0.5) is 5.69 Å². The van der Waals surface area contributed by atoms with E-state index in [-0.39, 0.29) is 6.29 Å². The molecular formula is C13H17NO2. The van der Waals surface area contributed by atoms with Crippen LogP contribution in [0.2, 0.25) is 0 Å². The molecule has 0 spiro atoms. The van der Waals surface area contributed by atoms with Crippen molar-refractivity contribution in [2.75, 3.05) is 31.2 Å². The van der Waals surface area contributed by atoms with E-state index in [4.69, 9.17) is 9.47 Å². The topological polar surface area (TPSA) is 21.7 Å². The largest absolute Gasteiger partial charge is 0.372 e. The van der Waals surface area contributed by atoms with Crippen molar-refractivity contribution in [1.29, 1.82) is 0 Å². The summed E-state index contributed by atoms with van der Waals surface area (Å²) in [6, 6.07) is 8.54. The highest BCUT2D eigenvalue weighted by molar-refractivity contribution is 5.49. The van der Waals surface area contributed by atoms with E-state index in [1.54, 1.807) is 0 Å². The molecule has 0 bridgehead atoms. The van der Waals surface area contributed by atoms with Gasteiger partial charge in [-0.15, -0.1) is 0 Å². The molecule has 0 aliphatic carbocycles. The van der Waals surface area contributed by atoms with Crippen LogP contribution >= 0.6 is 0 Å². The molecule has 2 aliphatic heterocycles. The molecule has 16 heavy (non-hydrogen) atoms. The Morgan fingerprint density at radius 3 is 2.56 bits per heavy atom. The Labute approximate surface area is 96.0 Å². The van der Waals surface area contributed by atoms with Gasteiger partial charge in [-0.3, -0.25) is 0 Å². The molecule has 2 heterocycles. The Morgan fingerprint density at radius 2 is 1.81 bits per heavy atom. The first kappa shape index (κ1) is 10.1. The quantitative estimate of drug-likeness (QED) is 0.762. The van der Waals surface area contributed by atoms with Gasteiger partial charge in [-0.05, 0) is 25.0 Å². The van der Waals surface area contributed by atoms with Crippen molar-refractivity contribution in [2.45, 2.75) is 19.1 Å². The third kappa shape index (κ3) is 1.93. The van der Waals surface area contributed by atoms with E-state index in [2.05, 4.69) is 29.2 Å². The zero-order chi connectivity index (χ0) is 10.8. The summed E-state index contributed by atoms with van der Waals surface area (Å²) in [5, 5.41) is 0. The molecule has 0 aromatic heterocycles. The fraction of sp³-hybridized carbons (Fsp3) is 0.538. The molecule has 0 atom stereocenters. The van der Waals surface area contributed by atoms with Gasteiger partial charge in [-0.2, -0.15) is 0 Å². The van der Waals surface area contributed by atoms with Crippen LogP contribution in [0.3, 0.4) is 0 Å². The Morgan fingerprint density at radius 1 is 1.06 bits per heavy atom. The molecule has 0 radical (unpaired) electrons. The molecule has 3 nitrogen and oxygen atoms in total. The van der Waals surface area contributed by atoms with Crippen molar-refractivity contribution in [2.24, 2.45) is 0 Å². The van der Waals surface area contributed by atoms with Crippen molar-refractivity contribution in [3.63, 3.8) is 0 Å². The standard InChI is InChI=1S/C13H17NO2/c1-2-7-14(6-1)12-5-3-4-11(10-12)13-15-8-9-16-13/h3-5,10,13H,1-2,6-9H2. The van der Waals surface area contributed by atoms with Crippen molar-refractivity contribution >= 4 is 5.69 Å². The number of benzene rings is 1. The summed E-state index contributed by atoms with van der Waals surface area (Å²) in [7, 11) is 0. The lowest BCUT2D eigenvalue weighted by atomic mass is 10.2. The van der Waals surface area contributed by atoms with Gasteiger partial charge in [-0.1, -0.05) is 12.1 Å². The molecule has 0 saturated carbocycles. The number of rotatable bonds is 2. The molecule has 3 heteroatoms. The van der Waals surface area contributed by atoms with Gasteiger partial charge in [0.2, 0.25) is 0 Å². The first-order valence-electron chi connectivity index (χ1n) is 6.01. The van der Waals surface area contributed by atoms with E-state index >= 15 is 0 Å². The molecule has 1 aromatic carbocycles. The maximum absolute atomic E-state index is 5.52. The van der Waals surface area contributed by atoms with Crippen LogP contribution < -0.4 is 4.90 Å². The summed E-state index contributed by atoms with van der Waals surface area (Å²) in [5.41, 5.74) is 2.44. The van der Waals surface area contributed by atoms with Crippen LogP contribution in [-0.4, -0.2) is 26.3 Å². The van der Waals surface area contributed by atoms with E-state index in [0.717, 1.165) is 5.56 Å². The molecule has 0 amide bonds. The number of nitrogens with zero attached hydrogens (tertiary/aromatic N) is 1. The van der Waals surface area contributed by atoms with Crippen molar-refractivity contribution in [3.05, 3.63) is 29.8 Å². The highest BCUT2D eigenvalue weighted by atomic mass is 16.7. The Bertz CT molecular complexity index is 323. The first-order chi connectivity index (χ1) is 7.93. The van der Waals surface area contributed by atoms with Gasteiger partial charge in [0.05, 0.1) is 13.2 Å². The Kier molecular flexibility index (Phi) is 2.80. The molecular weight excluding hydrogens is 202 g/mol. The highest BCUT2D eigenvalue weighted by Gasteiger charge is 2.19. The monoisotopic (exact) mass is 219 g/mol. The van der Waals surface area contributed by atoms with Gasteiger partial charge >= 0.3 is 0 Å². The van der Waals surface area contributed by atoms with Gasteiger partial charge in [0, 0.05) is 24.3 Å². The van der Waals surface area contributed by atoms with Crippen LogP contribution in [0.5, 0.6) is 0 Å². The van der Waals surface area contributed by atoms with Crippen LogP contribution in [0.1, 0.15) is 24.7 Å². The van der Waals surface area contributed by atoms with Gasteiger partial charge in [0.1, 0.15) is 0 Å². The lowest BCUT2D eigenvalue weighted by Crippen LogP contribution is -2.17. The molecule has 1 aromatic rings. The van der Waals surface area contributed by atoms with Gasteiger partial charge < -0.3 is 14.4 Å². The SMILES string of the molecule is c1cc(C2OCCO2)cc(N2CCCC2)c1. The molecule has 2 saturated heterocycles. The number of anilines is 1. The van der Waals surface area contributed by atoms with E-state index in [0.29, 0.717) is 13.2 Å². The molecule has 3 rings (SSSR count). The summed E-state index contributed by atoms with van der Waals surface area (Å²) in [5.74, 6) is 0. The lowest BCUT2D eigenvalue weighted by molar-refractivity contribution is -0.0440. The molecule has 86 valence electrons. The third-order valence-corrected chi connectivity index (χ3v) is 3.24. The number of hydrogen-bond donors (Lipinski definition) is 0. The molecule has 0 N–H and O–H groups in total. The van der Waals surface area contributed by atoms with Crippen LogP contribution in [-0.2, 0) is 9.47 Å².